The molecule has 1 fully saturated rings. The topological polar surface area (TPSA) is 93.9 Å². The van der Waals surface area contributed by atoms with Gasteiger partial charge >= 0.3 is 0 Å². The van der Waals surface area contributed by atoms with Crippen LogP contribution in [-0.4, -0.2) is 46.3 Å². The number of aromatic nitrogens is 3. The predicted octanol–water partition coefficient (Wildman–Crippen LogP) is 2.32. The van der Waals surface area contributed by atoms with Gasteiger partial charge in [-0.25, -0.2) is 12.8 Å². The third-order valence-electron chi connectivity index (χ3n) is 4.26. The molecule has 1 N–H and O–H groups in total. The molecule has 3 rings (SSSR count). The molecular weight excluding hydrogens is 415 g/mol. The van der Waals surface area contributed by atoms with Gasteiger partial charge in [0.25, 0.3) is 0 Å². The van der Waals surface area contributed by atoms with Gasteiger partial charge in [-0.1, -0.05) is 23.4 Å². The van der Waals surface area contributed by atoms with E-state index in [4.69, 9.17) is 11.6 Å². The molecule has 0 spiro atoms. The van der Waals surface area contributed by atoms with Crippen LogP contribution in [0.4, 0.5) is 10.1 Å². The van der Waals surface area contributed by atoms with E-state index in [1.807, 2.05) is 0 Å². The van der Waals surface area contributed by atoms with E-state index in [0.717, 1.165) is 0 Å². The number of halogens is 2. The number of sulfone groups is 1. The van der Waals surface area contributed by atoms with Crippen LogP contribution >= 0.6 is 23.4 Å². The van der Waals surface area contributed by atoms with Crippen LogP contribution in [0.15, 0.2) is 23.4 Å². The molecule has 1 aromatic heterocycles. The highest BCUT2D eigenvalue weighted by Gasteiger charge is 2.29. The Morgan fingerprint density at radius 2 is 2.22 bits per heavy atom. The molecule has 0 saturated carbocycles. The smallest absolute Gasteiger partial charge is 0.234 e. The highest BCUT2D eigenvalue weighted by molar-refractivity contribution is 7.99. The zero-order valence-corrected chi connectivity index (χ0v) is 16.9. The Kier molecular flexibility index (Phi) is 6.07. The molecule has 2 aromatic rings. The molecule has 7 nitrogen and oxygen atoms in total. The summed E-state index contributed by atoms with van der Waals surface area (Å²) >= 11 is 6.90. The molecule has 27 heavy (non-hydrogen) atoms. The fourth-order valence-corrected chi connectivity index (χ4v) is 5.61. The van der Waals surface area contributed by atoms with Crippen molar-refractivity contribution in [3.63, 3.8) is 0 Å². The summed E-state index contributed by atoms with van der Waals surface area (Å²) in [6, 6.07) is 3.96. The van der Waals surface area contributed by atoms with E-state index in [1.165, 1.54) is 30.0 Å². The highest BCUT2D eigenvalue weighted by Crippen LogP contribution is 2.24. The Labute approximate surface area is 165 Å². The molecule has 1 amide bonds. The average molecular weight is 433 g/mol. The number of rotatable bonds is 6. The molecule has 2 heterocycles. The molecule has 1 atom stereocenters. The number of carbonyl (C=O) groups excluding carboxylic acids is 1. The van der Waals surface area contributed by atoms with Gasteiger partial charge in [-0.3, -0.25) is 4.79 Å². The van der Waals surface area contributed by atoms with Gasteiger partial charge in [0.1, 0.15) is 11.6 Å². The van der Waals surface area contributed by atoms with Gasteiger partial charge in [0.05, 0.1) is 22.3 Å². The van der Waals surface area contributed by atoms with Gasteiger partial charge in [0.2, 0.25) is 5.91 Å². The summed E-state index contributed by atoms with van der Waals surface area (Å²) in [6.07, 6.45) is 1.18. The lowest BCUT2D eigenvalue weighted by atomic mass is 10.1. The standard InChI is InChI=1S/C16H18ClFN4O3S2/c1-22-14(6-10-4-5-27(24,25)9-10)20-21-16(22)26-8-15(23)19-11-2-3-13(18)12(17)7-11/h2-3,7,10H,4-6,8-9H2,1H3,(H,19,23). The fourth-order valence-electron chi connectivity index (χ4n) is 2.84. The van der Waals surface area contributed by atoms with Gasteiger partial charge < -0.3 is 9.88 Å². The number of carbonyl (C=O) groups is 1. The molecule has 1 unspecified atom stereocenters. The lowest BCUT2D eigenvalue weighted by molar-refractivity contribution is -0.113. The summed E-state index contributed by atoms with van der Waals surface area (Å²) < 4.78 is 38.1. The van der Waals surface area contributed by atoms with E-state index < -0.39 is 15.7 Å². The Balaban J connectivity index is 1.54. The van der Waals surface area contributed by atoms with Crippen LogP contribution in [0.1, 0.15) is 12.2 Å². The molecule has 1 aliphatic rings. The minimum atomic E-state index is -2.93. The van der Waals surface area contributed by atoms with E-state index in [0.29, 0.717) is 29.5 Å². The van der Waals surface area contributed by atoms with Crippen molar-refractivity contribution in [1.29, 1.82) is 0 Å². The Hall–Kier alpha value is -1.65. The summed E-state index contributed by atoms with van der Waals surface area (Å²) in [5.41, 5.74) is 0.410. The van der Waals surface area contributed by atoms with Crippen LogP contribution in [0.25, 0.3) is 0 Å². The maximum Gasteiger partial charge on any atom is 0.234 e. The molecule has 0 bridgehead atoms. The molecule has 0 aliphatic carbocycles. The first kappa shape index (κ1) is 20.1. The molecule has 11 heteroatoms. The minimum absolute atomic E-state index is 0.0577. The maximum atomic E-state index is 13.1. The Morgan fingerprint density at radius 3 is 2.89 bits per heavy atom. The van der Waals surface area contributed by atoms with E-state index in [2.05, 4.69) is 15.5 Å². The normalized spacial score (nSPS) is 18.6. The van der Waals surface area contributed by atoms with Crippen molar-refractivity contribution in [1.82, 2.24) is 14.8 Å². The largest absolute Gasteiger partial charge is 0.325 e. The van der Waals surface area contributed by atoms with E-state index >= 15 is 0 Å². The van der Waals surface area contributed by atoms with Crippen molar-refractivity contribution in [2.75, 3.05) is 22.6 Å². The highest BCUT2D eigenvalue weighted by atomic mass is 35.5. The number of hydrogen-bond acceptors (Lipinski definition) is 6. The molecule has 1 saturated heterocycles. The molecule has 1 aromatic carbocycles. The summed E-state index contributed by atoms with van der Waals surface area (Å²) in [5, 5.41) is 11.3. The van der Waals surface area contributed by atoms with Crippen LogP contribution in [0.3, 0.4) is 0 Å². The van der Waals surface area contributed by atoms with E-state index in [-0.39, 0.29) is 34.1 Å². The number of benzene rings is 1. The summed E-state index contributed by atoms with van der Waals surface area (Å²) in [5.74, 6) is 0.432. The van der Waals surface area contributed by atoms with Crippen LogP contribution in [0.2, 0.25) is 5.02 Å². The van der Waals surface area contributed by atoms with Gasteiger partial charge in [-0.2, -0.15) is 0 Å². The second-order valence-corrected chi connectivity index (χ2v) is 9.98. The fraction of sp³-hybridized carbons (Fsp3) is 0.438. The van der Waals surface area contributed by atoms with Crippen molar-refractivity contribution in [3.8, 4) is 0 Å². The van der Waals surface area contributed by atoms with Crippen molar-refractivity contribution in [2.24, 2.45) is 13.0 Å². The first-order valence-electron chi connectivity index (χ1n) is 8.20. The van der Waals surface area contributed by atoms with Crippen molar-refractivity contribution < 1.29 is 17.6 Å². The van der Waals surface area contributed by atoms with Gasteiger partial charge in [0, 0.05) is 19.2 Å². The first-order valence-corrected chi connectivity index (χ1v) is 11.4. The monoisotopic (exact) mass is 432 g/mol. The summed E-state index contributed by atoms with van der Waals surface area (Å²) in [6.45, 7) is 0. The van der Waals surface area contributed by atoms with Crippen molar-refractivity contribution >= 4 is 44.8 Å². The molecule has 146 valence electrons. The third-order valence-corrected chi connectivity index (χ3v) is 7.41. The number of nitrogens with one attached hydrogen (secondary N) is 1. The van der Waals surface area contributed by atoms with Gasteiger partial charge in [-0.05, 0) is 30.5 Å². The lowest BCUT2D eigenvalue weighted by Crippen LogP contribution is -2.15. The second-order valence-electron chi connectivity index (χ2n) is 6.40. The van der Waals surface area contributed by atoms with Crippen LogP contribution in [0.5, 0.6) is 0 Å². The summed E-state index contributed by atoms with van der Waals surface area (Å²) in [7, 11) is -1.14. The zero-order chi connectivity index (χ0) is 19.6. The van der Waals surface area contributed by atoms with E-state index in [1.54, 1.807) is 11.6 Å². The first-order chi connectivity index (χ1) is 12.7. The molecule has 1 aliphatic heterocycles. The van der Waals surface area contributed by atoms with Crippen LogP contribution in [0, 0.1) is 11.7 Å². The van der Waals surface area contributed by atoms with Crippen molar-refractivity contribution in [2.45, 2.75) is 18.0 Å². The summed E-state index contributed by atoms with van der Waals surface area (Å²) in [4.78, 5) is 12.1. The predicted molar refractivity (Wildman–Crippen MR) is 102 cm³/mol. The van der Waals surface area contributed by atoms with Crippen molar-refractivity contribution in [3.05, 3.63) is 34.9 Å². The average Bonchev–Trinajstić information content (AvgIpc) is 3.12. The molecule has 0 radical (unpaired) electrons. The van der Waals surface area contributed by atoms with Crippen LogP contribution in [-0.2, 0) is 28.1 Å². The Bertz CT molecular complexity index is 965. The number of amides is 1. The third kappa shape index (κ3) is 5.20. The second kappa shape index (κ2) is 8.15. The van der Waals surface area contributed by atoms with Crippen LogP contribution < -0.4 is 5.32 Å². The number of hydrogen-bond donors (Lipinski definition) is 1. The number of anilines is 1. The lowest BCUT2D eigenvalue weighted by Gasteiger charge is -2.08. The SMILES string of the molecule is Cn1c(CC2CCS(=O)(=O)C2)nnc1SCC(=O)Nc1ccc(F)c(Cl)c1. The number of nitrogens with zero attached hydrogens (tertiary/aromatic N) is 3. The number of thioether (sulfide) groups is 1. The van der Waals surface area contributed by atoms with Gasteiger partial charge in [0.15, 0.2) is 15.0 Å². The maximum absolute atomic E-state index is 13.1. The Morgan fingerprint density at radius 1 is 1.44 bits per heavy atom. The quantitative estimate of drug-likeness (QED) is 0.704. The zero-order valence-electron chi connectivity index (χ0n) is 14.5. The van der Waals surface area contributed by atoms with Gasteiger partial charge in [-0.15, -0.1) is 10.2 Å². The van der Waals surface area contributed by atoms with E-state index in [9.17, 15) is 17.6 Å². The molecular formula is C16H18ClFN4O3S2. The minimum Gasteiger partial charge on any atom is -0.325 e.